The molecule has 1 aliphatic carbocycles. The van der Waals surface area contributed by atoms with Crippen molar-refractivity contribution >= 4 is 11.9 Å². The van der Waals surface area contributed by atoms with Gasteiger partial charge in [0.15, 0.2) is 0 Å². The molecule has 0 radical (unpaired) electrons. The normalized spacial score (nSPS) is 18.0. The van der Waals surface area contributed by atoms with Crippen LogP contribution in [0.3, 0.4) is 0 Å². The fourth-order valence-electron chi connectivity index (χ4n) is 2.99. The molecule has 6 heteroatoms. The second-order valence-electron chi connectivity index (χ2n) is 6.49. The molecule has 0 atom stereocenters. The van der Waals surface area contributed by atoms with Gasteiger partial charge in [-0.15, -0.1) is 0 Å². The second-order valence-corrected chi connectivity index (χ2v) is 6.49. The van der Waals surface area contributed by atoms with Gasteiger partial charge in [-0.25, -0.2) is 4.79 Å². The number of carbonyl (C=O) groups excluding carboxylic acids is 1. The maximum atomic E-state index is 12.6. The molecule has 2 rings (SSSR count). The average Bonchev–Trinajstić information content (AvgIpc) is 2.68. The van der Waals surface area contributed by atoms with Crippen LogP contribution in [0.5, 0.6) is 0 Å². The number of carboxylic acid groups (broad SMARTS) is 1. The largest absolute Gasteiger partial charge is 0.480 e. The molecule has 0 aliphatic heterocycles. The molecule has 1 saturated carbocycles. The Kier molecular flexibility index (Phi) is 4.88. The average molecular weight is 307 g/mol. The molecule has 122 valence electrons. The summed E-state index contributed by atoms with van der Waals surface area (Å²) in [5, 5.41) is 16.7. The van der Waals surface area contributed by atoms with Crippen LogP contribution >= 0.6 is 0 Å². The third-order valence-electron chi connectivity index (χ3n) is 4.44. The third kappa shape index (κ3) is 3.31. The van der Waals surface area contributed by atoms with Crippen molar-refractivity contribution in [1.82, 2.24) is 15.1 Å². The van der Waals surface area contributed by atoms with Crippen LogP contribution < -0.4 is 5.32 Å². The predicted octanol–water partition coefficient (Wildman–Crippen LogP) is 2.45. The summed E-state index contributed by atoms with van der Waals surface area (Å²) in [6.07, 6.45) is 4.68. The number of hydrogen-bond donors (Lipinski definition) is 2. The SMILES string of the molecule is CC(C)c1cc(C(=O)NC2(C(=O)O)CCCCCC2)n(C)n1. The number of aliphatic carboxylic acids is 1. The number of carboxylic acids is 1. The maximum Gasteiger partial charge on any atom is 0.329 e. The second kappa shape index (κ2) is 6.50. The topological polar surface area (TPSA) is 84.2 Å². The van der Waals surface area contributed by atoms with Gasteiger partial charge in [-0.05, 0) is 24.8 Å². The van der Waals surface area contributed by atoms with E-state index in [0.29, 0.717) is 18.5 Å². The molecule has 2 N–H and O–H groups in total. The Morgan fingerprint density at radius 1 is 1.27 bits per heavy atom. The lowest BCUT2D eigenvalue weighted by molar-refractivity contribution is -0.145. The van der Waals surface area contributed by atoms with Crippen molar-refractivity contribution in [3.63, 3.8) is 0 Å². The summed E-state index contributed by atoms with van der Waals surface area (Å²) < 4.78 is 1.52. The fraction of sp³-hybridized carbons (Fsp3) is 0.688. The molecule has 1 aliphatic rings. The number of carbonyl (C=O) groups is 2. The summed E-state index contributed by atoms with van der Waals surface area (Å²) in [4.78, 5) is 24.3. The Labute approximate surface area is 130 Å². The minimum atomic E-state index is -1.14. The standard InChI is InChI=1S/C16H25N3O3/c1-11(2)12-10-13(19(3)18-12)14(20)17-16(15(21)22)8-6-4-5-7-9-16/h10-11H,4-9H2,1-3H3,(H,17,20)(H,21,22). The van der Waals surface area contributed by atoms with Crippen molar-refractivity contribution in [2.24, 2.45) is 7.05 Å². The summed E-state index contributed by atoms with van der Waals surface area (Å²) in [5.74, 6) is -1.07. The van der Waals surface area contributed by atoms with Gasteiger partial charge in [-0.2, -0.15) is 5.10 Å². The van der Waals surface area contributed by atoms with Crippen LogP contribution in [0, 0.1) is 0 Å². The monoisotopic (exact) mass is 307 g/mol. The van der Waals surface area contributed by atoms with E-state index in [9.17, 15) is 14.7 Å². The number of aryl methyl sites for hydroxylation is 1. The van der Waals surface area contributed by atoms with Crippen molar-refractivity contribution < 1.29 is 14.7 Å². The van der Waals surface area contributed by atoms with E-state index in [0.717, 1.165) is 31.4 Å². The van der Waals surface area contributed by atoms with Gasteiger partial charge in [-0.1, -0.05) is 39.5 Å². The maximum absolute atomic E-state index is 12.6. The predicted molar refractivity (Wildman–Crippen MR) is 82.8 cm³/mol. The molecule has 0 bridgehead atoms. The van der Waals surface area contributed by atoms with Crippen LogP contribution in [0.2, 0.25) is 0 Å². The van der Waals surface area contributed by atoms with E-state index in [2.05, 4.69) is 10.4 Å². The third-order valence-corrected chi connectivity index (χ3v) is 4.44. The number of rotatable bonds is 4. The highest BCUT2D eigenvalue weighted by molar-refractivity contribution is 5.96. The first-order chi connectivity index (χ1) is 10.4. The van der Waals surface area contributed by atoms with E-state index >= 15 is 0 Å². The molecule has 0 saturated heterocycles. The van der Waals surface area contributed by atoms with Crippen LogP contribution in [0.25, 0.3) is 0 Å². The van der Waals surface area contributed by atoms with Gasteiger partial charge < -0.3 is 10.4 Å². The first-order valence-electron chi connectivity index (χ1n) is 7.95. The van der Waals surface area contributed by atoms with E-state index in [-0.39, 0.29) is 11.8 Å². The molecule has 1 aromatic rings. The van der Waals surface area contributed by atoms with Gasteiger partial charge in [0.25, 0.3) is 5.91 Å². The van der Waals surface area contributed by atoms with Crippen LogP contribution in [0.1, 0.15) is 74.5 Å². The number of nitrogens with one attached hydrogen (secondary N) is 1. The van der Waals surface area contributed by atoms with Crippen LogP contribution in [-0.2, 0) is 11.8 Å². The highest BCUT2D eigenvalue weighted by Crippen LogP contribution is 2.28. The zero-order chi connectivity index (χ0) is 16.3. The van der Waals surface area contributed by atoms with Crippen LogP contribution in [0.4, 0.5) is 0 Å². The lowest BCUT2D eigenvalue weighted by atomic mass is 9.90. The van der Waals surface area contributed by atoms with Crippen LogP contribution in [0.15, 0.2) is 6.07 Å². The van der Waals surface area contributed by atoms with Crippen molar-refractivity contribution in [1.29, 1.82) is 0 Å². The van der Waals surface area contributed by atoms with Gasteiger partial charge in [0.05, 0.1) is 5.69 Å². The number of aromatic nitrogens is 2. The summed E-state index contributed by atoms with van der Waals surface area (Å²) in [7, 11) is 1.71. The lowest BCUT2D eigenvalue weighted by Gasteiger charge is -2.29. The summed E-state index contributed by atoms with van der Waals surface area (Å²) in [6, 6.07) is 1.74. The fourth-order valence-corrected chi connectivity index (χ4v) is 2.99. The first-order valence-corrected chi connectivity index (χ1v) is 7.95. The highest BCUT2D eigenvalue weighted by Gasteiger charge is 2.40. The molecular weight excluding hydrogens is 282 g/mol. The zero-order valence-corrected chi connectivity index (χ0v) is 13.6. The Morgan fingerprint density at radius 3 is 2.32 bits per heavy atom. The first kappa shape index (κ1) is 16.5. The van der Waals surface area contributed by atoms with Gasteiger partial charge in [-0.3, -0.25) is 9.48 Å². The van der Waals surface area contributed by atoms with Gasteiger partial charge >= 0.3 is 5.97 Å². The molecule has 0 aromatic carbocycles. The summed E-state index contributed by atoms with van der Waals surface area (Å²) >= 11 is 0. The molecule has 0 spiro atoms. The Hall–Kier alpha value is -1.85. The van der Waals surface area contributed by atoms with E-state index in [1.165, 1.54) is 4.68 Å². The quantitative estimate of drug-likeness (QED) is 0.837. The van der Waals surface area contributed by atoms with Gasteiger partial charge in [0, 0.05) is 7.05 Å². The number of hydrogen-bond acceptors (Lipinski definition) is 3. The van der Waals surface area contributed by atoms with E-state index < -0.39 is 11.5 Å². The lowest BCUT2D eigenvalue weighted by Crippen LogP contribution is -2.54. The molecule has 1 aromatic heterocycles. The molecule has 0 unspecified atom stereocenters. The molecular formula is C16H25N3O3. The molecule has 1 heterocycles. The molecule has 1 amide bonds. The number of amides is 1. The van der Waals surface area contributed by atoms with E-state index in [1.54, 1.807) is 13.1 Å². The minimum Gasteiger partial charge on any atom is -0.480 e. The highest BCUT2D eigenvalue weighted by atomic mass is 16.4. The van der Waals surface area contributed by atoms with E-state index in [4.69, 9.17) is 0 Å². The van der Waals surface area contributed by atoms with Crippen molar-refractivity contribution in [3.8, 4) is 0 Å². The Morgan fingerprint density at radius 2 is 1.86 bits per heavy atom. The Balaban J connectivity index is 2.23. The molecule has 6 nitrogen and oxygen atoms in total. The number of nitrogens with zero attached hydrogens (tertiary/aromatic N) is 2. The van der Waals surface area contributed by atoms with Crippen molar-refractivity contribution in [3.05, 3.63) is 17.5 Å². The van der Waals surface area contributed by atoms with Crippen molar-refractivity contribution in [2.75, 3.05) is 0 Å². The zero-order valence-electron chi connectivity index (χ0n) is 13.6. The Bertz CT molecular complexity index is 555. The van der Waals surface area contributed by atoms with E-state index in [1.807, 2.05) is 13.8 Å². The van der Waals surface area contributed by atoms with Crippen molar-refractivity contribution in [2.45, 2.75) is 63.8 Å². The summed E-state index contributed by atoms with van der Waals surface area (Å²) in [6.45, 7) is 4.02. The van der Waals surface area contributed by atoms with Gasteiger partial charge in [0.2, 0.25) is 0 Å². The molecule has 22 heavy (non-hydrogen) atoms. The minimum absolute atomic E-state index is 0.221. The molecule has 1 fully saturated rings. The summed E-state index contributed by atoms with van der Waals surface area (Å²) in [5.41, 5.74) is 0.0991. The van der Waals surface area contributed by atoms with Crippen LogP contribution in [-0.4, -0.2) is 32.3 Å². The smallest absolute Gasteiger partial charge is 0.329 e. The van der Waals surface area contributed by atoms with Gasteiger partial charge in [0.1, 0.15) is 11.2 Å².